The minimum Gasteiger partial charge on any atom is -0.363 e. The summed E-state index contributed by atoms with van der Waals surface area (Å²) in [4.78, 5) is 8.92. The van der Waals surface area contributed by atoms with E-state index in [1.54, 1.807) is 12.4 Å². The molecule has 106 valence electrons. The first kappa shape index (κ1) is 13.0. The molecule has 7 nitrogen and oxygen atoms in total. The molecule has 1 aliphatic heterocycles. The number of aromatic nitrogens is 4. The van der Waals surface area contributed by atoms with E-state index in [1.807, 2.05) is 6.92 Å². The highest BCUT2D eigenvalue weighted by atomic mass is 16.6. The Morgan fingerprint density at radius 2 is 2.05 bits per heavy atom. The van der Waals surface area contributed by atoms with Crippen LogP contribution >= 0.6 is 0 Å². The molecule has 7 heteroatoms. The summed E-state index contributed by atoms with van der Waals surface area (Å²) < 4.78 is 4.70. The molecule has 2 N–H and O–H groups in total. The van der Waals surface area contributed by atoms with E-state index in [9.17, 15) is 0 Å². The van der Waals surface area contributed by atoms with Gasteiger partial charge in [0.2, 0.25) is 0 Å². The predicted octanol–water partition coefficient (Wildman–Crippen LogP) is 1.25. The van der Waals surface area contributed by atoms with E-state index in [-0.39, 0.29) is 0 Å². The summed E-state index contributed by atoms with van der Waals surface area (Å²) in [5.74, 6) is 1.30. The van der Waals surface area contributed by atoms with Crippen molar-refractivity contribution in [3.05, 3.63) is 29.5 Å². The predicted molar refractivity (Wildman–Crippen MR) is 73.2 cm³/mol. The van der Waals surface area contributed by atoms with Crippen LogP contribution in [0.1, 0.15) is 35.8 Å². The van der Waals surface area contributed by atoms with Crippen LogP contribution in [0.5, 0.6) is 0 Å². The molecule has 0 bridgehead atoms. The average molecular weight is 274 g/mol. The van der Waals surface area contributed by atoms with Crippen molar-refractivity contribution in [3.8, 4) is 0 Å². The van der Waals surface area contributed by atoms with Gasteiger partial charge in [-0.2, -0.15) is 0 Å². The smallest absolute Gasteiger partial charge is 0.148 e. The Labute approximate surface area is 117 Å². The SMILES string of the molecule is Cc1nonc1CNc1nccnc1C1CCNCC1. The van der Waals surface area contributed by atoms with Crippen molar-refractivity contribution in [2.24, 2.45) is 0 Å². The number of hydrogen-bond acceptors (Lipinski definition) is 7. The highest BCUT2D eigenvalue weighted by molar-refractivity contribution is 5.42. The zero-order valence-corrected chi connectivity index (χ0v) is 11.5. The van der Waals surface area contributed by atoms with Crippen LogP contribution in [0.2, 0.25) is 0 Å². The van der Waals surface area contributed by atoms with E-state index >= 15 is 0 Å². The topological polar surface area (TPSA) is 88.8 Å². The fourth-order valence-electron chi connectivity index (χ4n) is 2.46. The summed E-state index contributed by atoms with van der Waals surface area (Å²) in [5, 5.41) is 14.3. The Hall–Kier alpha value is -2.02. The fourth-order valence-corrected chi connectivity index (χ4v) is 2.46. The maximum absolute atomic E-state index is 4.70. The van der Waals surface area contributed by atoms with Crippen LogP contribution < -0.4 is 10.6 Å². The van der Waals surface area contributed by atoms with Gasteiger partial charge in [-0.1, -0.05) is 10.3 Å². The van der Waals surface area contributed by atoms with Crippen molar-refractivity contribution in [1.82, 2.24) is 25.6 Å². The molecule has 2 aromatic heterocycles. The largest absolute Gasteiger partial charge is 0.363 e. The molecule has 1 aliphatic rings. The summed E-state index contributed by atoms with van der Waals surface area (Å²) in [5.41, 5.74) is 2.64. The number of anilines is 1. The number of hydrogen-bond donors (Lipinski definition) is 2. The minimum atomic E-state index is 0.462. The molecule has 1 saturated heterocycles. The van der Waals surface area contributed by atoms with Gasteiger partial charge in [0, 0.05) is 18.3 Å². The standard InChI is InChI=1S/C13H18N6O/c1-9-11(19-20-18-9)8-17-13-12(15-6-7-16-13)10-2-4-14-5-3-10/h6-7,10,14H,2-5,8H2,1H3,(H,16,17). The van der Waals surface area contributed by atoms with E-state index in [0.29, 0.717) is 12.5 Å². The maximum atomic E-state index is 4.70. The average Bonchev–Trinajstić information content (AvgIpc) is 2.92. The van der Waals surface area contributed by atoms with E-state index < -0.39 is 0 Å². The second-order valence-electron chi connectivity index (χ2n) is 4.96. The van der Waals surface area contributed by atoms with E-state index in [1.165, 1.54) is 0 Å². The van der Waals surface area contributed by atoms with Crippen molar-refractivity contribution in [2.75, 3.05) is 18.4 Å². The van der Waals surface area contributed by atoms with E-state index in [0.717, 1.165) is 48.8 Å². The Kier molecular flexibility index (Phi) is 3.87. The van der Waals surface area contributed by atoms with Crippen molar-refractivity contribution >= 4 is 5.82 Å². The van der Waals surface area contributed by atoms with Gasteiger partial charge >= 0.3 is 0 Å². The molecule has 0 atom stereocenters. The zero-order chi connectivity index (χ0) is 13.8. The van der Waals surface area contributed by atoms with Crippen molar-refractivity contribution in [3.63, 3.8) is 0 Å². The van der Waals surface area contributed by atoms with Gasteiger partial charge in [0.05, 0.1) is 12.2 Å². The molecule has 2 aromatic rings. The van der Waals surface area contributed by atoms with Gasteiger partial charge in [0.15, 0.2) is 0 Å². The van der Waals surface area contributed by atoms with Crippen molar-refractivity contribution in [2.45, 2.75) is 32.2 Å². The lowest BCUT2D eigenvalue weighted by atomic mass is 9.94. The van der Waals surface area contributed by atoms with Crippen LogP contribution in [0.3, 0.4) is 0 Å². The fraction of sp³-hybridized carbons (Fsp3) is 0.538. The summed E-state index contributed by atoms with van der Waals surface area (Å²) in [6.45, 7) is 4.49. The van der Waals surface area contributed by atoms with Crippen LogP contribution in [0.4, 0.5) is 5.82 Å². The first-order chi connectivity index (χ1) is 9.84. The van der Waals surface area contributed by atoms with Crippen LogP contribution in [0.25, 0.3) is 0 Å². The van der Waals surface area contributed by atoms with Crippen LogP contribution in [-0.2, 0) is 6.54 Å². The molecule has 0 unspecified atom stereocenters. The van der Waals surface area contributed by atoms with Gasteiger partial charge in [-0.15, -0.1) is 0 Å². The van der Waals surface area contributed by atoms with Crippen molar-refractivity contribution in [1.29, 1.82) is 0 Å². The number of nitrogens with zero attached hydrogens (tertiary/aromatic N) is 4. The summed E-state index contributed by atoms with van der Waals surface area (Å²) in [7, 11) is 0. The number of rotatable bonds is 4. The normalized spacial score (nSPS) is 16.2. The molecular weight excluding hydrogens is 256 g/mol. The number of nitrogens with one attached hydrogen (secondary N) is 2. The molecule has 0 radical (unpaired) electrons. The quantitative estimate of drug-likeness (QED) is 0.867. The second kappa shape index (κ2) is 5.96. The van der Waals surface area contributed by atoms with Gasteiger partial charge in [0.25, 0.3) is 0 Å². The summed E-state index contributed by atoms with van der Waals surface area (Å²) in [6, 6.07) is 0. The molecule has 1 fully saturated rings. The zero-order valence-electron chi connectivity index (χ0n) is 11.5. The Bertz CT molecular complexity index is 563. The van der Waals surface area contributed by atoms with Gasteiger partial charge in [0.1, 0.15) is 17.2 Å². The Balaban J connectivity index is 1.74. The number of piperidine rings is 1. The lowest BCUT2D eigenvalue weighted by Crippen LogP contribution is -2.27. The summed E-state index contributed by atoms with van der Waals surface area (Å²) >= 11 is 0. The van der Waals surface area contributed by atoms with Crippen LogP contribution in [0.15, 0.2) is 17.0 Å². The third-order valence-electron chi connectivity index (χ3n) is 3.62. The van der Waals surface area contributed by atoms with Gasteiger partial charge in [-0.3, -0.25) is 4.98 Å². The Morgan fingerprint density at radius 1 is 1.25 bits per heavy atom. The third-order valence-corrected chi connectivity index (χ3v) is 3.62. The molecule has 20 heavy (non-hydrogen) atoms. The molecule has 0 aromatic carbocycles. The molecular formula is C13H18N6O. The molecule has 0 amide bonds. The van der Waals surface area contributed by atoms with Gasteiger partial charge in [-0.25, -0.2) is 9.61 Å². The molecule has 0 spiro atoms. The Morgan fingerprint density at radius 3 is 2.80 bits per heavy atom. The lowest BCUT2D eigenvalue weighted by molar-refractivity contribution is 0.301. The lowest BCUT2D eigenvalue weighted by Gasteiger charge is -2.23. The highest BCUT2D eigenvalue weighted by Gasteiger charge is 2.20. The van der Waals surface area contributed by atoms with Crippen LogP contribution in [-0.4, -0.2) is 33.4 Å². The van der Waals surface area contributed by atoms with E-state index in [2.05, 4.69) is 30.9 Å². The molecule has 3 heterocycles. The van der Waals surface area contributed by atoms with Crippen LogP contribution in [0, 0.1) is 6.92 Å². The second-order valence-corrected chi connectivity index (χ2v) is 4.96. The number of aryl methyl sites for hydroxylation is 1. The van der Waals surface area contributed by atoms with Gasteiger partial charge < -0.3 is 10.6 Å². The molecule has 0 aliphatic carbocycles. The third kappa shape index (κ3) is 2.77. The summed E-state index contributed by atoms with van der Waals surface area (Å²) in [6.07, 6.45) is 5.65. The first-order valence-corrected chi connectivity index (χ1v) is 6.88. The maximum Gasteiger partial charge on any atom is 0.148 e. The monoisotopic (exact) mass is 274 g/mol. The van der Waals surface area contributed by atoms with Crippen molar-refractivity contribution < 1.29 is 4.63 Å². The highest BCUT2D eigenvalue weighted by Crippen LogP contribution is 2.27. The van der Waals surface area contributed by atoms with E-state index in [4.69, 9.17) is 4.63 Å². The first-order valence-electron chi connectivity index (χ1n) is 6.88. The minimum absolute atomic E-state index is 0.462. The van der Waals surface area contributed by atoms with Gasteiger partial charge in [-0.05, 0) is 32.9 Å². The molecule has 0 saturated carbocycles. The molecule has 3 rings (SSSR count).